The van der Waals surface area contributed by atoms with Crippen molar-refractivity contribution in [3.8, 4) is 5.69 Å². The number of rotatable bonds is 3. The molecule has 2 heterocycles. The van der Waals surface area contributed by atoms with E-state index in [4.69, 9.17) is 4.74 Å². The van der Waals surface area contributed by atoms with Crippen LogP contribution in [-0.4, -0.2) is 21.8 Å². The van der Waals surface area contributed by atoms with Gasteiger partial charge < -0.3 is 9.30 Å². The summed E-state index contributed by atoms with van der Waals surface area (Å²) in [5.41, 5.74) is -0.790. The summed E-state index contributed by atoms with van der Waals surface area (Å²) in [6.07, 6.45) is 4.95. The molecule has 1 aliphatic heterocycles. The summed E-state index contributed by atoms with van der Waals surface area (Å²) in [5, 5.41) is 0. The number of nitrogens with zero attached hydrogens (tertiary/aromatic N) is 2. The van der Waals surface area contributed by atoms with Gasteiger partial charge in [-0.05, 0) is 37.1 Å². The number of hydrogen-bond donors (Lipinski definition) is 0. The Morgan fingerprint density at radius 2 is 1.90 bits per heavy atom. The molecule has 1 aliphatic rings. The van der Waals surface area contributed by atoms with Gasteiger partial charge >= 0.3 is 11.1 Å². The topological polar surface area (TPSA) is 53.2 Å². The lowest BCUT2D eigenvalue weighted by atomic mass is 10.2. The van der Waals surface area contributed by atoms with Crippen molar-refractivity contribution in [3.63, 3.8) is 0 Å². The average molecular weight is 290 g/mol. The molecule has 0 amide bonds. The van der Waals surface area contributed by atoms with Crippen molar-refractivity contribution in [2.45, 2.75) is 25.5 Å². The molecule has 0 saturated carbocycles. The highest BCUT2D eigenvalue weighted by molar-refractivity contribution is 5.31. The van der Waals surface area contributed by atoms with Crippen molar-refractivity contribution in [1.29, 1.82) is 0 Å². The third kappa shape index (κ3) is 2.80. The van der Waals surface area contributed by atoms with E-state index in [0.717, 1.165) is 12.8 Å². The zero-order chi connectivity index (χ0) is 14.8. The van der Waals surface area contributed by atoms with Gasteiger partial charge in [-0.15, -0.1) is 0 Å². The molecular weight excluding hydrogens is 275 g/mol. The summed E-state index contributed by atoms with van der Waals surface area (Å²) in [7, 11) is 0. The first-order valence-electron chi connectivity index (χ1n) is 6.85. The Labute approximate surface area is 120 Å². The predicted octanol–water partition coefficient (Wildman–Crippen LogP) is 1.32. The number of ether oxygens (including phenoxy) is 1. The number of halogens is 1. The summed E-state index contributed by atoms with van der Waals surface area (Å²) >= 11 is 0. The Hall–Kier alpha value is -2.21. The SMILES string of the molecule is O=c1c(=O)n(-c2ccc(F)cc2)ccn1CC1CCCO1. The highest BCUT2D eigenvalue weighted by atomic mass is 19.1. The first-order valence-corrected chi connectivity index (χ1v) is 6.85. The molecule has 0 bridgehead atoms. The van der Waals surface area contributed by atoms with Crippen molar-refractivity contribution in [2.24, 2.45) is 0 Å². The number of hydrogen-bond acceptors (Lipinski definition) is 3. The molecule has 1 saturated heterocycles. The standard InChI is InChI=1S/C15H15FN2O3/c16-11-3-5-12(6-4-11)18-8-7-17(14(19)15(18)20)10-13-2-1-9-21-13/h3-8,13H,1-2,9-10H2. The lowest BCUT2D eigenvalue weighted by Crippen LogP contribution is -2.41. The van der Waals surface area contributed by atoms with Crippen LogP contribution in [0, 0.1) is 5.82 Å². The smallest absolute Gasteiger partial charge is 0.320 e. The van der Waals surface area contributed by atoms with E-state index in [1.165, 1.54) is 39.6 Å². The van der Waals surface area contributed by atoms with Gasteiger partial charge in [0.25, 0.3) is 0 Å². The third-order valence-electron chi connectivity index (χ3n) is 3.59. The number of aromatic nitrogens is 2. The van der Waals surface area contributed by atoms with Gasteiger partial charge in [0.15, 0.2) is 0 Å². The highest BCUT2D eigenvalue weighted by Gasteiger charge is 2.17. The minimum atomic E-state index is -0.651. The maximum absolute atomic E-state index is 12.9. The van der Waals surface area contributed by atoms with Crippen LogP contribution in [-0.2, 0) is 11.3 Å². The van der Waals surface area contributed by atoms with Gasteiger partial charge in [-0.2, -0.15) is 0 Å². The molecule has 5 nitrogen and oxygen atoms in total. The molecule has 110 valence electrons. The second-order valence-corrected chi connectivity index (χ2v) is 5.04. The van der Waals surface area contributed by atoms with Crippen LogP contribution in [0.15, 0.2) is 46.2 Å². The Kier molecular flexibility index (Phi) is 3.70. The minimum absolute atomic E-state index is 0.0104. The van der Waals surface area contributed by atoms with Crippen molar-refractivity contribution in [1.82, 2.24) is 9.13 Å². The summed E-state index contributed by atoms with van der Waals surface area (Å²) < 4.78 is 21.0. The van der Waals surface area contributed by atoms with E-state index >= 15 is 0 Å². The second kappa shape index (κ2) is 5.65. The van der Waals surface area contributed by atoms with Gasteiger partial charge in [0.05, 0.1) is 12.6 Å². The fraction of sp³-hybridized carbons (Fsp3) is 0.333. The van der Waals surface area contributed by atoms with Gasteiger partial charge in [-0.25, -0.2) is 4.39 Å². The summed E-state index contributed by atoms with van der Waals surface area (Å²) in [6, 6.07) is 5.42. The largest absolute Gasteiger partial charge is 0.376 e. The second-order valence-electron chi connectivity index (χ2n) is 5.04. The van der Waals surface area contributed by atoms with Crippen LogP contribution in [0.25, 0.3) is 5.69 Å². The molecule has 1 unspecified atom stereocenters. The average Bonchev–Trinajstić information content (AvgIpc) is 2.98. The minimum Gasteiger partial charge on any atom is -0.376 e. The van der Waals surface area contributed by atoms with Crippen LogP contribution < -0.4 is 11.1 Å². The van der Waals surface area contributed by atoms with Crippen LogP contribution in [0.4, 0.5) is 4.39 Å². The summed E-state index contributed by atoms with van der Waals surface area (Å²) in [6.45, 7) is 1.09. The first kappa shape index (κ1) is 13.8. The van der Waals surface area contributed by atoms with E-state index in [-0.39, 0.29) is 6.10 Å². The zero-order valence-electron chi connectivity index (χ0n) is 11.4. The summed E-state index contributed by atoms with van der Waals surface area (Å²) in [4.78, 5) is 24.3. The van der Waals surface area contributed by atoms with Gasteiger partial charge in [-0.3, -0.25) is 14.2 Å². The molecular formula is C15H15FN2O3. The van der Waals surface area contributed by atoms with Crippen molar-refractivity contribution < 1.29 is 9.13 Å². The molecule has 0 aliphatic carbocycles. The van der Waals surface area contributed by atoms with Crippen LogP contribution in [0.1, 0.15) is 12.8 Å². The maximum Gasteiger partial charge on any atom is 0.320 e. The van der Waals surface area contributed by atoms with Crippen LogP contribution in [0.5, 0.6) is 0 Å². The molecule has 0 spiro atoms. The fourth-order valence-corrected chi connectivity index (χ4v) is 2.46. The molecule has 1 atom stereocenters. The van der Waals surface area contributed by atoms with Crippen LogP contribution in [0.2, 0.25) is 0 Å². The third-order valence-corrected chi connectivity index (χ3v) is 3.59. The lowest BCUT2D eigenvalue weighted by Gasteiger charge is -2.12. The molecule has 2 aromatic rings. The first-order chi connectivity index (χ1) is 10.1. The highest BCUT2D eigenvalue weighted by Crippen LogP contribution is 2.13. The van der Waals surface area contributed by atoms with Gasteiger partial charge in [0.1, 0.15) is 5.82 Å². The quantitative estimate of drug-likeness (QED) is 0.801. The Bertz CT molecular complexity index is 743. The Morgan fingerprint density at radius 1 is 1.14 bits per heavy atom. The molecule has 0 N–H and O–H groups in total. The Morgan fingerprint density at radius 3 is 2.57 bits per heavy atom. The zero-order valence-corrected chi connectivity index (χ0v) is 11.4. The van der Waals surface area contributed by atoms with E-state index in [1.807, 2.05) is 0 Å². The van der Waals surface area contributed by atoms with Crippen LogP contribution in [0.3, 0.4) is 0 Å². The van der Waals surface area contributed by atoms with Crippen LogP contribution >= 0.6 is 0 Å². The Balaban J connectivity index is 1.94. The normalized spacial score (nSPS) is 18.0. The lowest BCUT2D eigenvalue weighted by molar-refractivity contribution is 0.0959. The van der Waals surface area contributed by atoms with E-state index < -0.39 is 16.9 Å². The van der Waals surface area contributed by atoms with E-state index in [2.05, 4.69) is 0 Å². The van der Waals surface area contributed by atoms with E-state index in [1.54, 1.807) is 6.20 Å². The van der Waals surface area contributed by atoms with E-state index in [0.29, 0.717) is 18.8 Å². The van der Waals surface area contributed by atoms with Gasteiger partial charge in [0.2, 0.25) is 0 Å². The monoisotopic (exact) mass is 290 g/mol. The molecule has 6 heteroatoms. The molecule has 1 aromatic heterocycles. The van der Waals surface area contributed by atoms with Crippen molar-refractivity contribution in [3.05, 3.63) is 63.2 Å². The van der Waals surface area contributed by atoms with E-state index in [9.17, 15) is 14.0 Å². The van der Waals surface area contributed by atoms with Gasteiger partial charge in [-0.1, -0.05) is 0 Å². The molecule has 1 aromatic carbocycles. The number of benzene rings is 1. The molecule has 1 fully saturated rings. The molecule has 3 rings (SSSR count). The molecule has 21 heavy (non-hydrogen) atoms. The summed E-state index contributed by atoms with van der Waals surface area (Å²) in [5.74, 6) is -0.390. The van der Waals surface area contributed by atoms with Crippen molar-refractivity contribution >= 4 is 0 Å². The predicted molar refractivity (Wildman–Crippen MR) is 75.2 cm³/mol. The fourth-order valence-electron chi connectivity index (χ4n) is 2.46. The van der Waals surface area contributed by atoms with Crippen molar-refractivity contribution in [2.75, 3.05) is 6.61 Å². The van der Waals surface area contributed by atoms with Gasteiger partial charge in [0, 0.05) is 24.7 Å². The molecule has 0 radical (unpaired) electrons. The maximum atomic E-state index is 12.9.